The summed E-state index contributed by atoms with van der Waals surface area (Å²) in [7, 11) is 0. The van der Waals surface area contributed by atoms with Crippen molar-refractivity contribution < 1.29 is 4.74 Å². The molecule has 2 rings (SSSR count). The molecule has 0 atom stereocenters. The fourth-order valence-electron chi connectivity index (χ4n) is 2.47. The second-order valence-corrected chi connectivity index (χ2v) is 7.34. The summed E-state index contributed by atoms with van der Waals surface area (Å²) in [6.45, 7) is 4.64. The van der Waals surface area contributed by atoms with Gasteiger partial charge >= 0.3 is 0 Å². The van der Waals surface area contributed by atoms with Crippen LogP contribution in [0.2, 0.25) is 0 Å². The number of hydrogen-bond acceptors (Lipinski definition) is 2. The molecule has 1 fully saturated rings. The van der Waals surface area contributed by atoms with Crippen molar-refractivity contribution in [2.45, 2.75) is 45.6 Å². The molecule has 0 unspecified atom stereocenters. The van der Waals surface area contributed by atoms with Gasteiger partial charge in [0.15, 0.2) is 0 Å². The summed E-state index contributed by atoms with van der Waals surface area (Å²) in [6, 6.07) is 5.80. The van der Waals surface area contributed by atoms with Gasteiger partial charge in [0, 0.05) is 4.47 Å². The quantitative estimate of drug-likeness (QED) is 0.826. The van der Waals surface area contributed by atoms with Crippen LogP contribution >= 0.6 is 28.1 Å². The Balaban J connectivity index is 2.11. The van der Waals surface area contributed by atoms with E-state index in [0.29, 0.717) is 10.4 Å². The number of ether oxygens (including phenoxy) is 1. The van der Waals surface area contributed by atoms with Crippen LogP contribution in [0.1, 0.15) is 45.1 Å². The number of hydrogen-bond donors (Lipinski definition) is 1. The molecule has 0 spiro atoms. The molecule has 1 aliphatic rings. The highest BCUT2D eigenvalue weighted by Crippen LogP contribution is 2.37. The van der Waals surface area contributed by atoms with E-state index in [4.69, 9.17) is 22.7 Å². The van der Waals surface area contributed by atoms with Crippen molar-refractivity contribution in [3.05, 3.63) is 28.2 Å². The van der Waals surface area contributed by atoms with Crippen LogP contribution < -0.4 is 10.5 Å². The van der Waals surface area contributed by atoms with Crippen molar-refractivity contribution in [1.29, 1.82) is 0 Å². The third-order valence-corrected chi connectivity index (χ3v) is 4.50. The number of rotatable bonds is 3. The molecule has 19 heavy (non-hydrogen) atoms. The smallest absolute Gasteiger partial charge is 0.131 e. The van der Waals surface area contributed by atoms with E-state index in [1.807, 2.05) is 18.2 Å². The number of nitrogens with two attached hydrogens (primary N) is 1. The zero-order chi connectivity index (χ0) is 14.0. The van der Waals surface area contributed by atoms with Crippen molar-refractivity contribution in [2.24, 2.45) is 11.1 Å². The highest BCUT2D eigenvalue weighted by molar-refractivity contribution is 9.10. The van der Waals surface area contributed by atoms with Gasteiger partial charge in [-0.3, -0.25) is 0 Å². The van der Waals surface area contributed by atoms with E-state index in [-0.39, 0.29) is 6.10 Å². The Kier molecular flexibility index (Phi) is 4.51. The average molecular weight is 342 g/mol. The van der Waals surface area contributed by atoms with Gasteiger partial charge in [-0.15, -0.1) is 0 Å². The molecule has 1 aliphatic carbocycles. The second kappa shape index (κ2) is 5.80. The molecule has 0 heterocycles. The lowest BCUT2D eigenvalue weighted by Crippen LogP contribution is -2.29. The topological polar surface area (TPSA) is 35.2 Å². The van der Waals surface area contributed by atoms with E-state index in [1.54, 1.807) is 0 Å². The molecule has 0 saturated heterocycles. The van der Waals surface area contributed by atoms with Gasteiger partial charge in [0.25, 0.3) is 0 Å². The van der Waals surface area contributed by atoms with Gasteiger partial charge in [-0.25, -0.2) is 0 Å². The highest BCUT2D eigenvalue weighted by atomic mass is 79.9. The Labute approximate surface area is 128 Å². The summed E-state index contributed by atoms with van der Waals surface area (Å²) >= 11 is 8.54. The molecule has 0 aromatic heterocycles. The van der Waals surface area contributed by atoms with Crippen molar-refractivity contribution >= 4 is 33.1 Å². The van der Waals surface area contributed by atoms with Crippen LogP contribution in [-0.4, -0.2) is 11.1 Å². The minimum atomic E-state index is 0.274. The zero-order valence-electron chi connectivity index (χ0n) is 11.4. The minimum absolute atomic E-state index is 0.274. The van der Waals surface area contributed by atoms with Crippen LogP contribution in [0.4, 0.5) is 0 Å². The van der Waals surface area contributed by atoms with E-state index in [1.165, 1.54) is 12.8 Å². The molecule has 4 heteroatoms. The van der Waals surface area contributed by atoms with E-state index in [9.17, 15) is 0 Å². The Morgan fingerprint density at radius 1 is 1.37 bits per heavy atom. The lowest BCUT2D eigenvalue weighted by molar-refractivity contribution is 0.0986. The van der Waals surface area contributed by atoms with Crippen LogP contribution in [0.25, 0.3) is 0 Å². The molecule has 1 saturated carbocycles. The highest BCUT2D eigenvalue weighted by Gasteiger charge is 2.28. The lowest BCUT2D eigenvalue weighted by atomic mass is 9.76. The van der Waals surface area contributed by atoms with E-state index < -0.39 is 0 Å². The summed E-state index contributed by atoms with van der Waals surface area (Å²) in [6.07, 6.45) is 4.87. The van der Waals surface area contributed by atoms with E-state index >= 15 is 0 Å². The fourth-order valence-corrected chi connectivity index (χ4v) is 2.98. The summed E-state index contributed by atoms with van der Waals surface area (Å²) in [5.41, 5.74) is 7.02. The van der Waals surface area contributed by atoms with Crippen molar-refractivity contribution in [2.75, 3.05) is 0 Å². The lowest BCUT2D eigenvalue weighted by Gasteiger charge is -2.34. The molecule has 0 bridgehead atoms. The van der Waals surface area contributed by atoms with Crippen molar-refractivity contribution in [1.82, 2.24) is 0 Å². The third kappa shape index (κ3) is 3.93. The molecular formula is C15H20BrNOS. The third-order valence-electron chi connectivity index (χ3n) is 3.79. The summed E-state index contributed by atoms with van der Waals surface area (Å²) < 4.78 is 7.11. The number of halogens is 1. The molecule has 0 aliphatic heterocycles. The maximum Gasteiger partial charge on any atom is 0.131 e. The van der Waals surface area contributed by atoms with Gasteiger partial charge in [0.05, 0.1) is 11.7 Å². The van der Waals surface area contributed by atoms with Crippen LogP contribution in [0.5, 0.6) is 5.75 Å². The summed E-state index contributed by atoms with van der Waals surface area (Å²) in [4.78, 5) is 0.388. The molecule has 2 N–H and O–H groups in total. The molecular weight excluding hydrogens is 322 g/mol. The predicted octanol–water partition coefficient (Wildman–Crippen LogP) is 4.43. The predicted molar refractivity (Wildman–Crippen MR) is 86.7 cm³/mol. The van der Waals surface area contributed by atoms with Gasteiger partial charge in [-0.1, -0.05) is 42.0 Å². The zero-order valence-corrected chi connectivity index (χ0v) is 13.8. The Morgan fingerprint density at radius 2 is 2.00 bits per heavy atom. The monoisotopic (exact) mass is 341 g/mol. The van der Waals surface area contributed by atoms with Crippen LogP contribution in [0.3, 0.4) is 0 Å². The van der Waals surface area contributed by atoms with Crippen molar-refractivity contribution in [3.8, 4) is 5.75 Å². The molecule has 0 radical (unpaired) electrons. The molecule has 1 aromatic carbocycles. The summed E-state index contributed by atoms with van der Waals surface area (Å²) in [5, 5.41) is 0. The van der Waals surface area contributed by atoms with Crippen molar-refractivity contribution in [3.63, 3.8) is 0 Å². The second-order valence-electron chi connectivity index (χ2n) is 5.99. The Hall–Kier alpha value is -0.610. The molecule has 104 valence electrons. The van der Waals surface area contributed by atoms with Crippen LogP contribution in [-0.2, 0) is 0 Å². The largest absolute Gasteiger partial charge is 0.490 e. The Bertz CT molecular complexity index is 477. The maximum absolute atomic E-state index is 6.12. The van der Waals surface area contributed by atoms with Gasteiger partial charge in [0.2, 0.25) is 0 Å². The van der Waals surface area contributed by atoms with Crippen LogP contribution in [0, 0.1) is 5.41 Å². The van der Waals surface area contributed by atoms with Gasteiger partial charge in [-0.2, -0.15) is 0 Å². The first-order chi connectivity index (χ1) is 8.87. The Morgan fingerprint density at radius 3 is 2.58 bits per heavy atom. The average Bonchev–Trinajstić information content (AvgIpc) is 2.31. The fraction of sp³-hybridized carbons (Fsp3) is 0.533. The van der Waals surface area contributed by atoms with E-state index in [2.05, 4.69) is 29.8 Å². The first kappa shape index (κ1) is 14.8. The van der Waals surface area contributed by atoms with Crippen LogP contribution in [0.15, 0.2) is 22.7 Å². The maximum atomic E-state index is 6.12. The number of benzene rings is 1. The normalized spacial score (nSPS) is 19.1. The van der Waals surface area contributed by atoms with E-state index in [0.717, 1.165) is 28.6 Å². The van der Waals surface area contributed by atoms with Gasteiger partial charge in [0.1, 0.15) is 10.7 Å². The minimum Gasteiger partial charge on any atom is -0.490 e. The molecule has 2 nitrogen and oxygen atoms in total. The number of thiocarbonyl (C=S) groups is 1. The summed E-state index contributed by atoms with van der Waals surface area (Å²) in [5.74, 6) is 0.798. The SMILES string of the molecule is CC1(C)CCC(Oc2cc(Br)ccc2C(N)=S)CC1. The first-order valence-corrected chi connectivity index (χ1v) is 7.83. The molecule has 1 aromatic rings. The van der Waals surface area contributed by atoms with Gasteiger partial charge in [-0.05, 0) is 49.3 Å². The van der Waals surface area contributed by atoms with Gasteiger partial charge < -0.3 is 10.5 Å². The first-order valence-electron chi connectivity index (χ1n) is 6.63. The standard InChI is InChI=1S/C15H20BrNOS/c1-15(2)7-5-11(6-8-15)18-13-9-10(16)3-4-12(13)14(17)19/h3-4,9,11H,5-8H2,1-2H3,(H2,17,19). The molecule has 0 amide bonds.